The molecule has 1 heterocycles. The van der Waals surface area contributed by atoms with Crippen molar-refractivity contribution in [1.29, 1.82) is 0 Å². The van der Waals surface area contributed by atoms with Gasteiger partial charge < -0.3 is 5.32 Å². The van der Waals surface area contributed by atoms with Gasteiger partial charge in [0.05, 0.1) is 17.5 Å². The fraction of sp³-hybridized carbons (Fsp3) is 0.261. The number of hydrogen-bond acceptors (Lipinski definition) is 4. The lowest BCUT2D eigenvalue weighted by atomic mass is 10.0. The summed E-state index contributed by atoms with van der Waals surface area (Å²) in [5.74, 6) is -0.0363. The number of nitrogens with zero attached hydrogens (tertiary/aromatic N) is 2. The molecule has 0 unspecified atom stereocenters. The molecule has 6 heteroatoms. The van der Waals surface area contributed by atoms with Crippen LogP contribution in [0.5, 0.6) is 0 Å². The quantitative estimate of drug-likeness (QED) is 0.575. The highest BCUT2D eigenvalue weighted by Crippen LogP contribution is 2.23. The first kappa shape index (κ1) is 20.9. The fourth-order valence-corrected chi connectivity index (χ4v) is 3.95. The first-order valence-electron chi connectivity index (χ1n) is 9.51. The van der Waals surface area contributed by atoms with Gasteiger partial charge in [0, 0.05) is 12.4 Å². The third-order valence-electron chi connectivity index (χ3n) is 4.66. The van der Waals surface area contributed by atoms with E-state index in [-0.39, 0.29) is 17.4 Å². The third kappa shape index (κ3) is 5.57. The summed E-state index contributed by atoms with van der Waals surface area (Å²) in [6, 6.07) is 15.4. The zero-order chi connectivity index (χ0) is 20.8. The van der Waals surface area contributed by atoms with E-state index >= 15 is 0 Å². The molecule has 0 aliphatic carbocycles. The topological polar surface area (TPSA) is 64.0 Å². The number of rotatable bonds is 8. The van der Waals surface area contributed by atoms with Crippen molar-refractivity contribution in [2.24, 2.45) is 0 Å². The number of hydrogen-bond donors (Lipinski definition) is 1. The number of imidazole rings is 1. The van der Waals surface area contributed by atoms with Crippen molar-refractivity contribution in [3.63, 3.8) is 0 Å². The molecule has 2 aromatic carbocycles. The molecule has 150 valence electrons. The average Bonchev–Trinajstić information content (AvgIpc) is 3.15. The number of Topliss-reactive ketones (excluding diaryl/α,β-unsaturated/α-hetero) is 1. The Morgan fingerprint density at radius 1 is 1.14 bits per heavy atom. The van der Waals surface area contributed by atoms with Crippen LogP contribution in [0.1, 0.15) is 23.6 Å². The molecule has 1 N–H and O–H groups in total. The number of aryl methyl sites for hydroxylation is 2. The minimum Gasteiger partial charge on any atom is -0.345 e. The summed E-state index contributed by atoms with van der Waals surface area (Å²) < 4.78 is 1.99. The number of ketones is 1. The molecule has 0 radical (unpaired) electrons. The summed E-state index contributed by atoms with van der Waals surface area (Å²) in [4.78, 5) is 28.9. The zero-order valence-electron chi connectivity index (χ0n) is 16.9. The van der Waals surface area contributed by atoms with E-state index in [4.69, 9.17) is 0 Å². The molecule has 0 aliphatic heterocycles. The van der Waals surface area contributed by atoms with Crippen LogP contribution in [0.3, 0.4) is 0 Å². The molecular formula is C23H25N3O2S. The molecule has 29 heavy (non-hydrogen) atoms. The Hall–Kier alpha value is -2.86. The molecule has 1 amide bonds. The maximum Gasteiger partial charge on any atom is 0.231 e. The second-order valence-corrected chi connectivity index (χ2v) is 8.02. The molecule has 0 fully saturated rings. The maximum atomic E-state index is 12.5. The minimum absolute atomic E-state index is 0.0519. The summed E-state index contributed by atoms with van der Waals surface area (Å²) in [5, 5.41) is 3.60. The van der Waals surface area contributed by atoms with E-state index in [0.717, 1.165) is 22.0 Å². The van der Waals surface area contributed by atoms with Gasteiger partial charge >= 0.3 is 0 Å². The van der Waals surface area contributed by atoms with Gasteiger partial charge in [0.15, 0.2) is 10.9 Å². The molecule has 3 rings (SSSR count). The van der Waals surface area contributed by atoms with E-state index < -0.39 is 6.04 Å². The minimum atomic E-state index is -0.524. The van der Waals surface area contributed by atoms with Crippen LogP contribution in [-0.2, 0) is 16.0 Å². The van der Waals surface area contributed by atoms with Crippen molar-refractivity contribution in [3.05, 3.63) is 77.6 Å². The first-order valence-corrected chi connectivity index (χ1v) is 10.5. The van der Waals surface area contributed by atoms with Crippen molar-refractivity contribution < 1.29 is 9.59 Å². The summed E-state index contributed by atoms with van der Waals surface area (Å²) >= 11 is 1.36. The molecule has 0 spiro atoms. The number of benzene rings is 2. The molecule has 1 atom stereocenters. The largest absolute Gasteiger partial charge is 0.345 e. The van der Waals surface area contributed by atoms with Gasteiger partial charge in [0.1, 0.15) is 0 Å². The number of carbonyl (C=O) groups excluding carboxylic acids is 2. The second-order valence-electron chi connectivity index (χ2n) is 7.08. The standard InChI is InChI=1S/C23H25N3O2S/c1-16-9-10-21(17(2)13-16)26-12-11-24-23(26)29-15-22(28)25-20(18(3)27)14-19-7-5-4-6-8-19/h4-13,20H,14-15H2,1-3H3,(H,25,28)/t20-/m0/s1. The first-order chi connectivity index (χ1) is 13.9. The number of thioether (sulfide) groups is 1. The molecule has 3 aromatic rings. The monoisotopic (exact) mass is 407 g/mol. The van der Waals surface area contributed by atoms with E-state index in [1.54, 1.807) is 6.20 Å². The predicted octanol–water partition coefficient (Wildman–Crippen LogP) is 3.90. The van der Waals surface area contributed by atoms with Gasteiger partial charge in [0.25, 0.3) is 0 Å². The van der Waals surface area contributed by atoms with Crippen molar-refractivity contribution in [3.8, 4) is 5.69 Å². The number of aromatic nitrogens is 2. The van der Waals surface area contributed by atoms with Crippen LogP contribution in [0.2, 0.25) is 0 Å². The molecule has 0 bridgehead atoms. The van der Waals surface area contributed by atoms with Gasteiger partial charge in [-0.15, -0.1) is 0 Å². The Morgan fingerprint density at radius 2 is 1.90 bits per heavy atom. The van der Waals surface area contributed by atoms with E-state index in [1.165, 1.54) is 24.2 Å². The van der Waals surface area contributed by atoms with Crippen LogP contribution in [0, 0.1) is 13.8 Å². The van der Waals surface area contributed by atoms with Gasteiger partial charge in [0.2, 0.25) is 5.91 Å². The van der Waals surface area contributed by atoms with Gasteiger partial charge in [-0.25, -0.2) is 4.98 Å². The van der Waals surface area contributed by atoms with Gasteiger partial charge in [-0.1, -0.05) is 59.8 Å². The molecule has 0 saturated carbocycles. The number of nitrogens with one attached hydrogen (secondary N) is 1. The van der Waals surface area contributed by atoms with Crippen LogP contribution in [0.15, 0.2) is 66.1 Å². The maximum absolute atomic E-state index is 12.5. The smallest absolute Gasteiger partial charge is 0.231 e. The number of carbonyl (C=O) groups is 2. The highest BCUT2D eigenvalue weighted by molar-refractivity contribution is 7.99. The summed E-state index contributed by atoms with van der Waals surface area (Å²) in [7, 11) is 0. The molecule has 1 aromatic heterocycles. The predicted molar refractivity (Wildman–Crippen MR) is 117 cm³/mol. The molecule has 5 nitrogen and oxygen atoms in total. The second kappa shape index (κ2) is 9.56. The molecule has 0 saturated heterocycles. The third-order valence-corrected chi connectivity index (χ3v) is 5.63. The van der Waals surface area contributed by atoms with E-state index in [1.807, 2.05) is 41.1 Å². The Balaban J connectivity index is 1.63. The van der Waals surface area contributed by atoms with Crippen molar-refractivity contribution in [1.82, 2.24) is 14.9 Å². The van der Waals surface area contributed by atoms with Crippen LogP contribution >= 0.6 is 11.8 Å². The Labute approximate surface area is 175 Å². The van der Waals surface area contributed by atoms with Crippen LogP contribution in [0.4, 0.5) is 0 Å². The summed E-state index contributed by atoms with van der Waals surface area (Å²) in [6.45, 7) is 5.63. The van der Waals surface area contributed by atoms with Crippen LogP contribution < -0.4 is 5.32 Å². The Bertz CT molecular complexity index is 998. The molecular weight excluding hydrogens is 382 g/mol. The summed E-state index contributed by atoms with van der Waals surface area (Å²) in [5.41, 5.74) is 4.41. The summed E-state index contributed by atoms with van der Waals surface area (Å²) in [6.07, 6.45) is 4.11. The normalized spacial score (nSPS) is 11.8. The van der Waals surface area contributed by atoms with Crippen LogP contribution in [-0.4, -0.2) is 33.0 Å². The van der Waals surface area contributed by atoms with E-state index in [0.29, 0.717) is 6.42 Å². The SMILES string of the molecule is CC(=O)[C@H](Cc1ccccc1)NC(=O)CSc1nccn1-c1ccc(C)cc1C. The van der Waals surface area contributed by atoms with Gasteiger partial charge in [-0.2, -0.15) is 0 Å². The highest BCUT2D eigenvalue weighted by atomic mass is 32.2. The average molecular weight is 408 g/mol. The lowest BCUT2D eigenvalue weighted by Crippen LogP contribution is -2.42. The molecule has 0 aliphatic rings. The van der Waals surface area contributed by atoms with E-state index in [9.17, 15) is 9.59 Å². The van der Waals surface area contributed by atoms with Crippen molar-refractivity contribution in [2.75, 3.05) is 5.75 Å². The van der Waals surface area contributed by atoms with Crippen molar-refractivity contribution >= 4 is 23.5 Å². The van der Waals surface area contributed by atoms with Crippen molar-refractivity contribution in [2.45, 2.75) is 38.4 Å². The van der Waals surface area contributed by atoms with Gasteiger partial charge in [-0.3, -0.25) is 14.2 Å². The van der Waals surface area contributed by atoms with Crippen LogP contribution in [0.25, 0.3) is 5.69 Å². The lowest BCUT2D eigenvalue weighted by Gasteiger charge is -2.16. The Morgan fingerprint density at radius 3 is 2.59 bits per heavy atom. The number of amides is 1. The lowest BCUT2D eigenvalue weighted by molar-refractivity contribution is -0.125. The Kier molecular flexibility index (Phi) is 6.88. The zero-order valence-corrected chi connectivity index (χ0v) is 17.7. The highest BCUT2D eigenvalue weighted by Gasteiger charge is 2.18. The fourth-order valence-electron chi connectivity index (χ4n) is 3.17. The van der Waals surface area contributed by atoms with Gasteiger partial charge in [-0.05, 0) is 44.4 Å². The van der Waals surface area contributed by atoms with E-state index in [2.05, 4.69) is 42.3 Å².